The molecule has 0 unspecified atom stereocenters. The van der Waals surface area contributed by atoms with Gasteiger partial charge in [-0.2, -0.15) is 0 Å². The number of aryl methyl sites for hydroxylation is 1. The van der Waals surface area contributed by atoms with Crippen molar-refractivity contribution in [1.29, 1.82) is 0 Å². The van der Waals surface area contributed by atoms with Gasteiger partial charge in [0.15, 0.2) is 0 Å². The van der Waals surface area contributed by atoms with Crippen molar-refractivity contribution in [3.63, 3.8) is 0 Å². The lowest BCUT2D eigenvalue weighted by Gasteiger charge is -2.36. The standard InChI is InChI=1S/C23H29N3O2/c1-16(2)22(27)25-12-14-26(15-13-25)23(28)19-9-5-6-10-21(19)24-20-11-7-8-17(3)18(20)4/h5-11,16,24H,12-15H2,1-4H3. The summed E-state index contributed by atoms with van der Waals surface area (Å²) < 4.78 is 0. The van der Waals surface area contributed by atoms with E-state index in [-0.39, 0.29) is 17.7 Å². The highest BCUT2D eigenvalue weighted by molar-refractivity contribution is 6.00. The van der Waals surface area contributed by atoms with Crippen LogP contribution in [0.15, 0.2) is 42.5 Å². The third-order valence-electron chi connectivity index (χ3n) is 5.40. The largest absolute Gasteiger partial charge is 0.355 e. The molecule has 28 heavy (non-hydrogen) atoms. The molecule has 1 N–H and O–H groups in total. The molecular weight excluding hydrogens is 350 g/mol. The average Bonchev–Trinajstić information content (AvgIpc) is 2.71. The molecule has 1 saturated heterocycles. The highest BCUT2D eigenvalue weighted by Crippen LogP contribution is 2.26. The highest BCUT2D eigenvalue weighted by Gasteiger charge is 2.27. The molecule has 1 aliphatic rings. The molecule has 0 saturated carbocycles. The summed E-state index contributed by atoms with van der Waals surface area (Å²) in [5, 5.41) is 3.43. The van der Waals surface area contributed by atoms with Gasteiger partial charge in [-0.05, 0) is 43.2 Å². The van der Waals surface area contributed by atoms with Gasteiger partial charge in [0.25, 0.3) is 5.91 Å². The third kappa shape index (κ3) is 4.19. The number of nitrogens with one attached hydrogen (secondary N) is 1. The van der Waals surface area contributed by atoms with E-state index in [0.29, 0.717) is 31.7 Å². The van der Waals surface area contributed by atoms with Crippen molar-refractivity contribution in [3.05, 3.63) is 59.2 Å². The van der Waals surface area contributed by atoms with Crippen molar-refractivity contribution in [2.24, 2.45) is 5.92 Å². The highest BCUT2D eigenvalue weighted by atomic mass is 16.2. The molecule has 0 radical (unpaired) electrons. The number of amides is 2. The van der Waals surface area contributed by atoms with E-state index in [4.69, 9.17) is 0 Å². The maximum atomic E-state index is 13.2. The minimum atomic E-state index is -0.00949. The Labute approximate surface area is 167 Å². The van der Waals surface area contributed by atoms with E-state index in [9.17, 15) is 9.59 Å². The normalized spacial score (nSPS) is 14.3. The van der Waals surface area contributed by atoms with Crippen molar-refractivity contribution in [2.45, 2.75) is 27.7 Å². The molecule has 3 rings (SSSR count). The number of carbonyl (C=O) groups is 2. The van der Waals surface area contributed by atoms with Gasteiger partial charge in [-0.1, -0.05) is 38.1 Å². The number of piperazine rings is 1. The molecule has 2 aromatic carbocycles. The minimum Gasteiger partial charge on any atom is -0.355 e. The molecule has 1 heterocycles. The Morgan fingerprint density at radius 2 is 1.46 bits per heavy atom. The second-order valence-electron chi connectivity index (χ2n) is 7.69. The number of hydrogen-bond donors (Lipinski definition) is 1. The zero-order valence-electron chi connectivity index (χ0n) is 17.2. The minimum absolute atomic E-state index is 0.00468. The number of nitrogens with zero attached hydrogens (tertiary/aromatic N) is 2. The second kappa shape index (κ2) is 8.46. The van der Waals surface area contributed by atoms with Crippen LogP contribution in [0.2, 0.25) is 0 Å². The van der Waals surface area contributed by atoms with Crippen LogP contribution in [0, 0.1) is 19.8 Å². The van der Waals surface area contributed by atoms with Crippen LogP contribution in [0.5, 0.6) is 0 Å². The molecule has 148 valence electrons. The summed E-state index contributed by atoms with van der Waals surface area (Å²) in [7, 11) is 0. The van der Waals surface area contributed by atoms with Gasteiger partial charge in [0.05, 0.1) is 11.3 Å². The van der Waals surface area contributed by atoms with Crippen LogP contribution >= 0.6 is 0 Å². The summed E-state index contributed by atoms with van der Waals surface area (Å²) in [5.74, 6) is 0.152. The number of para-hydroxylation sites is 1. The first-order valence-corrected chi connectivity index (χ1v) is 9.89. The lowest BCUT2D eigenvalue weighted by Crippen LogP contribution is -2.51. The van der Waals surface area contributed by atoms with E-state index in [0.717, 1.165) is 11.4 Å². The first kappa shape index (κ1) is 19.9. The molecule has 1 aliphatic heterocycles. The van der Waals surface area contributed by atoms with E-state index < -0.39 is 0 Å². The SMILES string of the molecule is Cc1cccc(Nc2ccccc2C(=O)N2CCN(C(=O)C(C)C)CC2)c1C. The predicted molar refractivity (Wildman–Crippen MR) is 113 cm³/mol. The van der Waals surface area contributed by atoms with E-state index in [1.807, 2.05) is 60.0 Å². The van der Waals surface area contributed by atoms with Crippen molar-refractivity contribution in [1.82, 2.24) is 9.80 Å². The molecule has 0 aliphatic carbocycles. The van der Waals surface area contributed by atoms with Gasteiger partial charge >= 0.3 is 0 Å². The zero-order chi connectivity index (χ0) is 20.3. The topological polar surface area (TPSA) is 52.7 Å². The number of benzene rings is 2. The Morgan fingerprint density at radius 3 is 2.14 bits per heavy atom. The molecule has 5 heteroatoms. The van der Waals surface area contributed by atoms with E-state index in [1.165, 1.54) is 11.1 Å². The smallest absolute Gasteiger partial charge is 0.256 e. The molecule has 0 bridgehead atoms. The van der Waals surface area contributed by atoms with E-state index in [1.54, 1.807) is 0 Å². The summed E-state index contributed by atoms with van der Waals surface area (Å²) in [6.45, 7) is 10.3. The molecule has 0 atom stereocenters. The zero-order valence-corrected chi connectivity index (χ0v) is 17.2. The fraction of sp³-hybridized carbons (Fsp3) is 0.391. The van der Waals surface area contributed by atoms with Gasteiger partial charge in [-0.15, -0.1) is 0 Å². The van der Waals surface area contributed by atoms with Crippen LogP contribution in [0.4, 0.5) is 11.4 Å². The first-order valence-electron chi connectivity index (χ1n) is 9.89. The molecular formula is C23H29N3O2. The van der Waals surface area contributed by atoms with Crippen molar-refractivity contribution >= 4 is 23.2 Å². The van der Waals surface area contributed by atoms with Crippen LogP contribution in [-0.2, 0) is 4.79 Å². The van der Waals surface area contributed by atoms with Crippen LogP contribution in [0.3, 0.4) is 0 Å². The Hall–Kier alpha value is -2.82. The lowest BCUT2D eigenvalue weighted by atomic mass is 10.1. The van der Waals surface area contributed by atoms with Crippen LogP contribution < -0.4 is 5.32 Å². The van der Waals surface area contributed by atoms with E-state index >= 15 is 0 Å². The summed E-state index contributed by atoms with van der Waals surface area (Å²) in [6, 6.07) is 13.7. The second-order valence-corrected chi connectivity index (χ2v) is 7.69. The summed E-state index contributed by atoms with van der Waals surface area (Å²) in [5.41, 5.74) is 4.85. The fourth-order valence-electron chi connectivity index (χ4n) is 3.48. The molecule has 1 fully saturated rings. The molecule has 0 aromatic heterocycles. The number of hydrogen-bond acceptors (Lipinski definition) is 3. The predicted octanol–water partition coefficient (Wildman–Crippen LogP) is 3.99. The van der Waals surface area contributed by atoms with Crippen LogP contribution in [0.25, 0.3) is 0 Å². The fourth-order valence-corrected chi connectivity index (χ4v) is 3.48. The maximum Gasteiger partial charge on any atom is 0.256 e. The molecule has 0 spiro atoms. The van der Waals surface area contributed by atoms with E-state index in [2.05, 4.69) is 25.2 Å². The summed E-state index contributed by atoms with van der Waals surface area (Å²) in [6.07, 6.45) is 0. The van der Waals surface area contributed by atoms with Gasteiger partial charge in [0, 0.05) is 37.8 Å². The summed E-state index contributed by atoms with van der Waals surface area (Å²) in [4.78, 5) is 29.0. The first-order chi connectivity index (χ1) is 13.4. The van der Waals surface area contributed by atoms with Gasteiger partial charge in [-0.3, -0.25) is 9.59 Å². The lowest BCUT2D eigenvalue weighted by molar-refractivity contribution is -0.135. The van der Waals surface area contributed by atoms with Gasteiger partial charge < -0.3 is 15.1 Å². The number of rotatable bonds is 4. The van der Waals surface area contributed by atoms with Crippen molar-refractivity contribution in [3.8, 4) is 0 Å². The van der Waals surface area contributed by atoms with Gasteiger partial charge in [-0.25, -0.2) is 0 Å². The van der Waals surface area contributed by atoms with Gasteiger partial charge in [0.2, 0.25) is 5.91 Å². The molecule has 5 nitrogen and oxygen atoms in total. The Morgan fingerprint density at radius 1 is 0.857 bits per heavy atom. The van der Waals surface area contributed by atoms with Crippen molar-refractivity contribution < 1.29 is 9.59 Å². The Balaban J connectivity index is 1.75. The van der Waals surface area contributed by atoms with Crippen LogP contribution in [0.1, 0.15) is 35.3 Å². The molecule has 2 amide bonds. The Kier molecular flexibility index (Phi) is 6.02. The Bertz CT molecular complexity index is 868. The monoisotopic (exact) mass is 379 g/mol. The third-order valence-corrected chi connectivity index (χ3v) is 5.40. The number of carbonyl (C=O) groups excluding carboxylic acids is 2. The number of anilines is 2. The quantitative estimate of drug-likeness (QED) is 0.874. The van der Waals surface area contributed by atoms with Crippen molar-refractivity contribution in [2.75, 3.05) is 31.5 Å². The van der Waals surface area contributed by atoms with Gasteiger partial charge in [0.1, 0.15) is 0 Å². The van der Waals surface area contributed by atoms with Crippen LogP contribution in [-0.4, -0.2) is 47.8 Å². The maximum absolute atomic E-state index is 13.2. The summed E-state index contributed by atoms with van der Waals surface area (Å²) >= 11 is 0. The molecule has 2 aromatic rings. The average molecular weight is 380 g/mol.